The highest BCUT2D eigenvalue weighted by atomic mass is 32.2. The molecule has 2 heterocycles. The highest BCUT2D eigenvalue weighted by Gasteiger charge is 2.47. The number of carboxylic acid groups (broad SMARTS) is 1. The molecule has 0 spiro atoms. The molecular weight excluding hydrogens is 288 g/mol. The Morgan fingerprint density at radius 3 is 2.55 bits per heavy atom. The summed E-state index contributed by atoms with van der Waals surface area (Å²) in [6.45, 7) is 2.06. The van der Waals surface area contributed by atoms with E-state index in [2.05, 4.69) is 0 Å². The van der Waals surface area contributed by atoms with E-state index in [0.29, 0.717) is 12.8 Å². The van der Waals surface area contributed by atoms with E-state index in [-0.39, 0.29) is 26.2 Å². The zero-order chi connectivity index (χ0) is 14.9. The van der Waals surface area contributed by atoms with E-state index in [0.717, 1.165) is 8.61 Å². The Hall–Kier alpha value is -1.19. The molecule has 2 aliphatic rings. The van der Waals surface area contributed by atoms with Crippen LogP contribution < -0.4 is 0 Å². The predicted molar refractivity (Wildman–Crippen MR) is 68.0 cm³/mol. The summed E-state index contributed by atoms with van der Waals surface area (Å²) >= 11 is 0. The Morgan fingerprint density at radius 1 is 1.35 bits per heavy atom. The number of hydrogen-bond acceptors (Lipinski definition) is 5. The van der Waals surface area contributed by atoms with Crippen LogP contribution in [0.3, 0.4) is 0 Å². The molecule has 0 aliphatic carbocycles. The first-order chi connectivity index (χ1) is 9.37. The van der Waals surface area contributed by atoms with E-state index >= 15 is 0 Å². The second-order valence-electron chi connectivity index (χ2n) is 4.88. The van der Waals surface area contributed by atoms with Gasteiger partial charge in [-0.15, -0.1) is 0 Å². The zero-order valence-corrected chi connectivity index (χ0v) is 12.0. The highest BCUT2D eigenvalue weighted by molar-refractivity contribution is 7.86. The van der Waals surface area contributed by atoms with E-state index < -0.39 is 34.1 Å². The third-order valence-electron chi connectivity index (χ3n) is 3.58. The first kappa shape index (κ1) is 15.2. The molecule has 0 amide bonds. The van der Waals surface area contributed by atoms with Crippen molar-refractivity contribution in [3.05, 3.63) is 0 Å². The lowest BCUT2D eigenvalue weighted by Crippen LogP contribution is -2.58. The van der Waals surface area contributed by atoms with Gasteiger partial charge in [0.2, 0.25) is 0 Å². The molecule has 1 atom stereocenters. The van der Waals surface area contributed by atoms with Gasteiger partial charge in [0.1, 0.15) is 6.04 Å². The zero-order valence-electron chi connectivity index (χ0n) is 11.2. The summed E-state index contributed by atoms with van der Waals surface area (Å²) in [6.07, 6.45) is 1.03. The van der Waals surface area contributed by atoms with Crippen LogP contribution in [0.4, 0.5) is 0 Å². The molecule has 8 nitrogen and oxygen atoms in total. The van der Waals surface area contributed by atoms with Crippen molar-refractivity contribution in [1.29, 1.82) is 0 Å². The second kappa shape index (κ2) is 5.66. The molecule has 2 saturated heterocycles. The average Bonchev–Trinajstić information content (AvgIpc) is 2.75. The number of nitrogens with zero attached hydrogens (tertiary/aromatic N) is 2. The van der Waals surface area contributed by atoms with Gasteiger partial charge in [-0.05, 0) is 19.8 Å². The monoisotopic (exact) mass is 306 g/mol. The van der Waals surface area contributed by atoms with Gasteiger partial charge in [-0.1, -0.05) is 0 Å². The molecule has 0 radical (unpaired) electrons. The number of rotatable bonds is 5. The third kappa shape index (κ3) is 2.65. The van der Waals surface area contributed by atoms with Crippen molar-refractivity contribution in [3.63, 3.8) is 0 Å². The van der Waals surface area contributed by atoms with Gasteiger partial charge in [0.25, 0.3) is 10.2 Å². The standard InChI is InChI=1S/C11H18N2O6S/c1-2-19-11(16)9-4-3-5-13(9)20(17,18)12-6-8(7-12)10(14)15/h8-9H,2-7H2,1H3,(H,14,15). The molecule has 114 valence electrons. The molecule has 1 unspecified atom stereocenters. The lowest BCUT2D eigenvalue weighted by atomic mass is 10.0. The van der Waals surface area contributed by atoms with Gasteiger partial charge in [0.15, 0.2) is 0 Å². The topological polar surface area (TPSA) is 104 Å². The summed E-state index contributed by atoms with van der Waals surface area (Å²) in [5.41, 5.74) is 0. The number of ether oxygens (including phenoxy) is 1. The maximum atomic E-state index is 12.4. The quantitative estimate of drug-likeness (QED) is 0.672. The molecule has 2 aliphatic heterocycles. The summed E-state index contributed by atoms with van der Waals surface area (Å²) in [7, 11) is -3.78. The normalized spacial score (nSPS) is 25.4. The van der Waals surface area contributed by atoms with E-state index in [1.165, 1.54) is 0 Å². The number of carboxylic acids is 1. The first-order valence-corrected chi connectivity index (χ1v) is 7.94. The fraction of sp³-hybridized carbons (Fsp3) is 0.818. The third-order valence-corrected chi connectivity index (χ3v) is 5.56. The van der Waals surface area contributed by atoms with Gasteiger partial charge >= 0.3 is 11.9 Å². The molecule has 1 N–H and O–H groups in total. The first-order valence-electron chi connectivity index (χ1n) is 6.54. The molecule has 0 bridgehead atoms. The molecule has 2 fully saturated rings. The molecule has 0 saturated carbocycles. The highest BCUT2D eigenvalue weighted by Crippen LogP contribution is 2.28. The molecular formula is C11H18N2O6S. The van der Waals surface area contributed by atoms with Gasteiger partial charge in [0, 0.05) is 19.6 Å². The summed E-state index contributed by atoms with van der Waals surface area (Å²) in [5.74, 6) is -2.20. The maximum absolute atomic E-state index is 12.4. The van der Waals surface area contributed by atoms with Crippen molar-refractivity contribution in [2.24, 2.45) is 5.92 Å². The number of carbonyl (C=O) groups is 2. The van der Waals surface area contributed by atoms with Crippen molar-refractivity contribution in [1.82, 2.24) is 8.61 Å². The van der Waals surface area contributed by atoms with Crippen molar-refractivity contribution in [2.75, 3.05) is 26.2 Å². The van der Waals surface area contributed by atoms with Crippen LogP contribution >= 0.6 is 0 Å². The molecule has 0 aromatic carbocycles. The molecule has 0 aromatic rings. The number of aliphatic carboxylic acids is 1. The van der Waals surface area contributed by atoms with Gasteiger partial charge in [-0.3, -0.25) is 9.59 Å². The summed E-state index contributed by atoms with van der Waals surface area (Å²) in [5, 5.41) is 8.78. The van der Waals surface area contributed by atoms with E-state index in [1.807, 2.05) is 0 Å². The van der Waals surface area contributed by atoms with Crippen LogP contribution in [0.25, 0.3) is 0 Å². The lowest BCUT2D eigenvalue weighted by molar-refractivity contribution is -0.148. The Balaban J connectivity index is 2.06. The molecule has 20 heavy (non-hydrogen) atoms. The Morgan fingerprint density at radius 2 is 2.00 bits per heavy atom. The van der Waals surface area contributed by atoms with Crippen LogP contribution in [0.5, 0.6) is 0 Å². The van der Waals surface area contributed by atoms with Crippen LogP contribution in [0, 0.1) is 5.92 Å². The predicted octanol–water partition coefficient (Wildman–Crippen LogP) is -0.725. The second-order valence-corrected chi connectivity index (χ2v) is 6.76. The lowest BCUT2D eigenvalue weighted by Gasteiger charge is -2.38. The minimum Gasteiger partial charge on any atom is -0.481 e. The Labute approximate surface area is 117 Å². The molecule has 9 heteroatoms. The van der Waals surface area contributed by atoms with Crippen LogP contribution in [0.1, 0.15) is 19.8 Å². The Kier molecular flexibility index (Phi) is 4.31. The van der Waals surface area contributed by atoms with Crippen LogP contribution in [0.2, 0.25) is 0 Å². The maximum Gasteiger partial charge on any atom is 0.324 e. The van der Waals surface area contributed by atoms with Gasteiger partial charge in [-0.2, -0.15) is 17.0 Å². The smallest absolute Gasteiger partial charge is 0.324 e. The number of carbonyl (C=O) groups excluding carboxylic acids is 1. The van der Waals surface area contributed by atoms with Crippen molar-refractivity contribution < 1.29 is 27.9 Å². The van der Waals surface area contributed by atoms with Crippen LogP contribution in [-0.4, -0.2) is 66.4 Å². The minimum atomic E-state index is -3.78. The van der Waals surface area contributed by atoms with Gasteiger partial charge < -0.3 is 9.84 Å². The van der Waals surface area contributed by atoms with Crippen molar-refractivity contribution in [3.8, 4) is 0 Å². The van der Waals surface area contributed by atoms with Crippen LogP contribution in [-0.2, 0) is 24.5 Å². The number of esters is 1. The summed E-state index contributed by atoms with van der Waals surface area (Å²) in [6, 6.07) is -0.788. The van der Waals surface area contributed by atoms with E-state index in [4.69, 9.17) is 9.84 Å². The Bertz CT molecular complexity index is 499. The largest absolute Gasteiger partial charge is 0.481 e. The fourth-order valence-corrected chi connectivity index (χ4v) is 4.33. The van der Waals surface area contributed by atoms with Crippen molar-refractivity contribution >= 4 is 22.1 Å². The minimum absolute atomic E-state index is 0.0380. The van der Waals surface area contributed by atoms with Gasteiger partial charge in [0.05, 0.1) is 12.5 Å². The molecule has 2 rings (SSSR count). The van der Waals surface area contributed by atoms with Crippen LogP contribution in [0.15, 0.2) is 0 Å². The molecule has 0 aromatic heterocycles. The number of hydrogen-bond donors (Lipinski definition) is 1. The van der Waals surface area contributed by atoms with E-state index in [1.54, 1.807) is 6.92 Å². The summed E-state index contributed by atoms with van der Waals surface area (Å²) in [4.78, 5) is 22.5. The average molecular weight is 306 g/mol. The SMILES string of the molecule is CCOC(=O)C1CCCN1S(=O)(=O)N1CC(C(=O)O)C1. The summed E-state index contributed by atoms with van der Waals surface area (Å²) < 4.78 is 31.8. The van der Waals surface area contributed by atoms with E-state index in [9.17, 15) is 18.0 Å². The van der Waals surface area contributed by atoms with Crippen molar-refractivity contribution in [2.45, 2.75) is 25.8 Å². The fourth-order valence-electron chi connectivity index (χ4n) is 2.42. The van der Waals surface area contributed by atoms with Gasteiger partial charge in [-0.25, -0.2) is 0 Å².